The van der Waals surface area contributed by atoms with Gasteiger partial charge in [-0.2, -0.15) is 5.10 Å². The quantitative estimate of drug-likeness (QED) is 0.632. The van der Waals surface area contributed by atoms with E-state index in [-0.39, 0.29) is 12.2 Å². The normalized spacial score (nSPS) is 21.2. The minimum atomic E-state index is -1.23. The van der Waals surface area contributed by atoms with Gasteiger partial charge < -0.3 is 14.8 Å². The summed E-state index contributed by atoms with van der Waals surface area (Å²) in [6.07, 6.45) is 3.53. The van der Waals surface area contributed by atoms with Gasteiger partial charge in [0.1, 0.15) is 10.3 Å². The second-order valence-corrected chi connectivity index (χ2v) is 8.30. The number of aromatic nitrogens is 3. The third kappa shape index (κ3) is 2.08. The molecule has 24 heavy (non-hydrogen) atoms. The Hall–Kier alpha value is -1.96. The van der Waals surface area contributed by atoms with Crippen molar-refractivity contribution in [1.82, 2.24) is 15.2 Å². The first-order valence-electron chi connectivity index (χ1n) is 7.80. The van der Waals surface area contributed by atoms with Gasteiger partial charge in [-0.15, -0.1) is 11.3 Å². The molecule has 0 aromatic carbocycles. The zero-order valence-electron chi connectivity index (χ0n) is 13.8. The number of nitrogens with zero attached hydrogens (tertiary/aromatic N) is 1. The molecule has 0 fully saturated rings. The Bertz CT molecular complexity index is 966. The van der Waals surface area contributed by atoms with Crippen molar-refractivity contribution in [2.75, 3.05) is 6.61 Å². The second kappa shape index (κ2) is 5.02. The molecule has 3 N–H and O–H groups in total. The highest BCUT2D eigenvalue weighted by Crippen LogP contribution is 2.45. The maximum Gasteiger partial charge on any atom is 0.266 e. The smallest absolute Gasteiger partial charge is 0.266 e. The van der Waals surface area contributed by atoms with Crippen molar-refractivity contribution < 1.29 is 9.84 Å². The van der Waals surface area contributed by atoms with Gasteiger partial charge in [-0.3, -0.25) is 9.89 Å². The lowest BCUT2D eigenvalue weighted by Gasteiger charge is -2.43. The predicted octanol–water partition coefficient (Wildman–Crippen LogP) is 2.74. The highest BCUT2D eigenvalue weighted by molar-refractivity contribution is 7.22. The van der Waals surface area contributed by atoms with Crippen molar-refractivity contribution in [3.63, 3.8) is 0 Å². The maximum absolute atomic E-state index is 12.6. The number of H-pyrrole nitrogens is 2. The van der Waals surface area contributed by atoms with E-state index < -0.39 is 11.0 Å². The van der Waals surface area contributed by atoms with Gasteiger partial charge in [-0.05, 0) is 11.5 Å². The van der Waals surface area contributed by atoms with Crippen LogP contribution in [0.4, 0.5) is 0 Å². The molecule has 0 amide bonds. The van der Waals surface area contributed by atoms with Crippen molar-refractivity contribution >= 4 is 21.4 Å². The molecule has 0 spiro atoms. The molecule has 1 aliphatic heterocycles. The Morgan fingerprint density at radius 3 is 2.88 bits per heavy atom. The molecule has 3 aromatic rings. The van der Waals surface area contributed by atoms with E-state index in [4.69, 9.17) is 4.74 Å². The minimum absolute atomic E-state index is 0.170. The van der Waals surface area contributed by atoms with Crippen LogP contribution in [-0.2, 0) is 16.9 Å². The summed E-state index contributed by atoms with van der Waals surface area (Å²) in [5.74, 6) is 0. The number of ether oxygens (including phenoxy) is 1. The second-order valence-electron chi connectivity index (χ2n) is 7.25. The number of hydrogen-bond donors (Lipinski definition) is 3. The Morgan fingerprint density at radius 1 is 1.42 bits per heavy atom. The summed E-state index contributed by atoms with van der Waals surface area (Å²) in [5.41, 5.74) is 0.503. The van der Waals surface area contributed by atoms with Gasteiger partial charge in [-0.1, -0.05) is 20.8 Å². The van der Waals surface area contributed by atoms with Crippen LogP contribution in [-0.4, -0.2) is 26.9 Å². The van der Waals surface area contributed by atoms with Gasteiger partial charge in [0.05, 0.1) is 25.1 Å². The fraction of sp³-hybridized carbons (Fsp3) is 0.412. The molecule has 126 valence electrons. The van der Waals surface area contributed by atoms with Crippen LogP contribution in [0.25, 0.3) is 20.5 Å². The number of fused-ring (bicyclic) bond motifs is 3. The number of rotatable bonds is 1. The van der Waals surface area contributed by atoms with Crippen molar-refractivity contribution in [2.45, 2.75) is 33.0 Å². The van der Waals surface area contributed by atoms with Gasteiger partial charge in [0.25, 0.3) is 5.56 Å². The summed E-state index contributed by atoms with van der Waals surface area (Å²) in [6.45, 7) is 6.38. The van der Waals surface area contributed by atoms with E-state index >= 15 is 0 Å². The minimum Gasteiger partial charge on any atom is -0.381 e. The first-order chi connectivity index (χ1) is 11.3. The molecule has 1 atom stereocenters. The Balaban J connectivity index is 2.01. The van der Waals surface area contributed by atoms with Gasteiger partial charge in [0.15, 0.2) is 0 Å². The fourth-order valence-corrected chi connectivity index (χ4v) is 4.22. The van der Waals surface area contributed by atoms with Crippen LogP contribution < -0.4 is 5.56 Å². The fourth-order valence-electron chi connectivity index (χ4n) is 3.16. The van der Waals surface area contributed by atoms with E-state index in [1.165, 1.54) is 11.3 Å². The lowest BCUT2D eigenvalue weighted by Crippen LogP contribution is -2.48. The van der Waals surface area contributed by atoms with E-state index in [1.807, 2.05) is 26.8 Å². The average Bonchev–Trinajstić information content (AvgIpc) is 3.16. The molecule has 0 saturated heterocycles. The predicted molar refractivity (Wildman–Crippen MR) is 93.0 cm³/mol. The molecule has 0 unspecified atom stereocenters. The molecular formula is C17H19N3O3S. The SMILES string of the molecule is CC(C)(C)[C@]1(O)COCc2c1[nH]c(=O)c1sc(-c3cn[nH]c3)cc21. The van der Waals surface area contributed by atoms with Gasteiger partial charge in [-0.25, -0.2) is 0 Å². The van der Waals surface area contributed by atoms with E-state index in [0.29, 0.717) is 17.0 Å². The van der Waals surface area contributed by atoms with Crippen LogP contribution in [0.3, 0.4) is 0 Å². The molecule has 1 aliphatic rings. The van der Waals surface area contributed by atoms with Crippen LogP contribution in [0, 0.1) is 5.41 Å². The number of thiophene rings is 1. The van der Waals surface area contributed by atoms with Gasteiger partial charge in [0.2, 0.25) is 0 Å². The number of nitrogens with one attached hydrogen (secondary N) is 2. The van der Waals surface area contributed by atoms with Crippen LogP contribution in [0.1, 0.15) is 32.0 Å². The summed E-state index contributed by atoms with van der Waals surface area (Å²) < 4.78 is 6.35. The summed E-state index contributed by atoms with van der Waals surface area (Å²) in [7, 11) is 0. The van der Waals surface area contributed by atoms with E-state index in [0.717, 1.165) is 21.4 Å². The molecule has 4 heterocycles. The molecular weight excluding hydrogens is 326 g/mol. The Kier molecular flexibility index (Phi) is 3.25. The summed E-state index contributed by atoms with van der Waals surface area (Å²) in [6, 6.07) is 1.98. The van der Waals surface area contributed by atoms with Crippen LogP contribution in [0.15, 0.2) is 23.3 Å². The van der Waals surface area contributed by atoms with Gasteiger partial charge in [0, 0.05) is 27.6 Å². The third-order valence-electron chi connectivity index (χ3n) is 4.80. The van der Waals surface area contributed by atoms with Crippen molar-refractivity contribution in [1.29, 1.82) is 0 Å². The van der Waals surface area contributed by atoms with Crippen LogP contribution >= 0.6 is 11.3 Å². The van der Waals surface area contributed by atoms with Crippen molar-refractivity contribution in [3.05, 3.63) is 40.1 Å². The summed E-state index contributed by atoms with van der Waals surface area (Å²) in [4.78, 5) is 16.5. The van der Waals surface area contributed by atoms with Crippen molar-refractivity contribution in [3.8, 4) is 10.4 Å². The van der Waals surface area contributed by atoms with E-state index in [1.54, 1.807) is 12.4 Å². The highest BCUT2D eigenvalue weighted by Gasteiger charge is 2.47. The van der Waals surface area contributed by atoms with Crippen LogP contribution in [0.2, 0.25) is 0 Å². The molecule has 0 bridgehead atoms. The Labute approximate surface area is 142 Å². The lowest BCUT2D eigenvalue weighted by molar-refractivity contribution is -0.139. The number of pyridine rings is 1. The summed E-state index contributed by atoms with van der Waals surface area (Å²) in [5, 5.41) is 18.8. The van der Waals surface area contributed by atoms with Crippen LogP contribution in [0.5, 0.6) is 0 Å². The molecule has 6 nitrogen and oxygen atoms in total. The summed E-state index contributed by atoms with van der Waals surface area (Å²) >= 11 is 1.42. The van der Waals surface area contributed by atoms with E-state index in [9.17, 15) is 9.90 Å². The zero-order valence-corrected chi connectivity index (χ0v) is 14.6. The Morgan fingerprint density at radius 2 is 2.21 bits per heavy atom. The number of hydrogen-bond acceptors (Lipinski definition) is 5. The van der Waals surface area contributed by atoms with E-state index in [2.05, 4.69) is 15.2 Å². The monoisotopic (exact) mass is 345 g/mol. The topological polar surface area (TPSA) is 91.0 Å². The first kappa shape index (κ1) is 15.6. The zero-order chi connectivity index (χ0) is 17.1. The number of aromatic amines is 2. The van der Waals surface area contributed by atoms with Gasteiger partial charge >= 0.3 is 0 Å². The molecule has 7 heteroatoms. The maximum atomic E-state index is 12.6. The molecule has 0 radical (unpaired) electrons. The third-order valence-corrected chi connectivity index (χ3v) is 5.98. The van der Waals surface area contributed by atoms with Crippen molar-refractivity contribution in [2.24, 2.45) is 5.41 Å². The average molecular weight is 345 g/mol. The molecule has 0 saturated carbocycles. The molecule has 0 aliphatic carbocycles. The molecule has 4 rings (SSSR count). The molecule has 3 aromatic heterocycles. The lowest BCUT2D eigenvalue weighted by atomic mass is 9.72. The number of aliphatic hydroxyl groups is 1. The highest BCUT2D eigenvalue weighted by atomic mass is 32.1. The standard InChI is InChI=1S/C17H19N3O3S/c1-16(2,3)17(22)8-23-7-11-10-4-12(9-5-18-19-6-9)24-13(10)15(21)20-14(11)17/h4-6,22H,7-8H2,1-3H3,(H,18,19)(H,20,21)/t17-/m0/s1. The first-order valence-corrected chi connectivity index (χ1v) is 8.61. The largest absolute Gasteiger partial charge is 0.381 e.